The molecule has 22 heavy (non-hydrogen) atoms. The van der Waals surface area contributed by atoms with E-state index in [9.17, 15) is 4.79 Å². The second-order valence-corrected chi connectivity index (χ2v) is 7.99. The molecule has 1 unspecified atom stereocenters. The van der Waals surface area contributed by atoms with Gasteiger partial charge < -0.3 is 10.2 Å². The third kappa shape index (κ3) is 4.44. The molecule has 0 aliphatic carbocycles. The van der Waals surface area contributed by atoms with Crippen molar-refractivity contribution in [1.29, 1.82) is 0 Å². The molecule has 0 aromatic carbocycles. The van der Waals surface area contributed by atoms with Crippen LogP contribution in [-0.4, -0.2) is 54.5 Å². The summed E-state index contributed by atoms with van der Waals surface area (Å²) >= 11 is 7.62. The van der Waals surface area contributed by atoms with Crippen LogP contribution in [0.25, 0.3) is 0 Å². The predicted molar refractivity (Wildman–Crippen MR) is 91.4 cm³/mol. The minimum Gasteiger partial charge on any atom is -0.340 e. The van der Waals surface area contributed by atoms with E-state index in [2.05, 4.69) is 16.3 Å². The molecular weight excluding hydrogens is 318 g/mol. The average molecular weight is 342 g/mol. The van der Waals surface area contributed by atoms with Crippen molar-refractivity contribution in [2.45, 2.75) is 38.3 Å². The molecule has 0 saturated carbocycles. The first-order chi connectivity index (χ1) is 10.7. The molecule has 0 bridgehead atoms. The summed E-state index contributed by atoms with van der Waals surface area (Å²) in [5.41, 5.74) is 0. The fourth-order valence-electron chi connectivity index (χ4n) is 3.27. The van der Waals surface area contributed by atoms with Gasteiger partial charge in [0.25, 0.3) is 0 Å². The van der Waals surface area contributed by atoms with Gasteiger partial charge in [0.2, 0.25) is 5.91 Å². The van der Waals surface area contributed by atoms with Crippen molar-refractivity contribution in [3.8, 4) is 0 Å². The van der Waals surface area contributed by atoms with E-state index in [1.54, 1.807) is 11.3 Å². The highest BCUT2D eigenvalue weighted by Crippen LogP contribution is 2.23. The van der Waals surface area contributed by atoms with Gasteiger partial charge in [0.1, 0.15) is 0 Å². The van der Waals surface area contributed by atoms with Crippen LogP contribution < -0.4 is 5.32 Å². The number of hydrogen-bond donors (Lipinski definition) is 1. The first-order valence-electron chi connectivity index (χ1n) is 8.18. The fraction of sp³-hybridized carbons (Fsp3) is 0.688. The number of rotatable bonds is 5. The smallest absolute Gasteiger partial charge is 0.222 e. The van der Waals surface area contributed by atoms with Crippen LogP contribution in [0.5, 0.6) is 0 Å². The molecule has 3 heterocycles. The fourth-order valence-corrected chi connectivity index (χ4v) is 4.40. The number of carbonyl (C=O) groups is 1. The molecule has 1 N–H and O–H groups in total. The van der Waals surface area contributed by atoms with E-state index in [0.29, 0.717) is 18.4 Å². The molecule has 1 aromatic heterocycles. The lowest BCUT2D eigenvalue weighted by Crippen LogP contribution is -2.48. The van der Waals surface area contributed by atoms with Crippen molar-refractivity contribution >= 4 is 28.8 Å². The Morgan fingerprint density at radius 3 is 2.77 bits per heavy atom. The van der Waals surface area contributed by atoms with E-state index in [1.807, 2.05) is 11.0 Å². The zero-order valence-electron chi connectivity index (χ0n) is 12.9. The quantitative estimate of drug-likeness (QED) is 0.894. The van der Waals surface area contributed by atoms with E-state index < -0.39 is 0 Å². The molecule has 3 rings (SSSR count). The number of piperazine rings is 1. The summed E-state index contributed by atoms with van der Waals surface area (Å²) in [7, 11) is 0. The highest BCUT2D eigenvalue weighted by atomic mass is 35.5. The molecule has 2 fully saturated rings. The summed E-state index contributed by atoms with van der Waals surface area (Å²) in [6, 6.07) is 4.62. The minimum atomic E-state index is 0.326. The number of halogens is 1. The molecule has 0 spiro atoms. The number of hydrogen-bond acceptors (Lipinski definition) is 4. The third-order valence-corrected chi connectivity index (χ3v) is 5.82. The molecule has 6 heteroatoms. The second kappa shape index (κ2) is 7.77. The van der Waals surface area contributed by atoms with Crippen LogP contribution in [0.4, 0.5) is 0 Å². The summed E-state index contributed by atoms with van der Waals surface area (Å²) in [5.74, 6) is 0.326. The second-order valence-electron chi connectivity index (χ2n) is 6.19. The van der Waals surface area contributed by atoms with Crippen LogP contribution in [0.1, 0.15) is 30.6 Å². The van der Waals surface area contributed by atoms with E-state index in [0.717, 1.165) is 50.0 Å². The van der Waals surface area contributed by atoms with Crippen molar-refractivity contribution in [3.63, 3.8) is 0 Å². The molecule has 2 aliphatic rings. The standard InChI is InChI=1S/C16H24ClN3OS/c17-15-5-4-14(22-15)12-19-8-10-20(11-9-19)16(21)6-3-13-2-1-7-18-13/h4-5,13,18H,1-3,6-12H2. The Morgan fingerprint density at radius 2 is 2.14 bits per heavy atom. The lowest BCUT2D eigenvalue weighted by molar-refractivity contribution is -0.133. The molecule has 1 aromatic rings. The molecular formula is C16H24ClN3OS. The highest BCUT2D eigenvalue weighted by Gasteiger charge is 2.22. The van der Waals surface area contributed by atoms with Crippen molar-refractivity contribution in [2.24, 2.45) is 0 Å². The lowest BCUT2D eigenvalue weighted by Gasteiger charge is -2.34. The highest BCUT2D eigenvalue weighted by molar-refractivity contribution is 7.16. The Labute approximate surface area is 141 Å². The van der Waals surface area contributed by atoms with E-state index in [-0.39, 0.29) is 0 Å². The zero-order valence-corrected chi connectivity index (χ0v) is 14.5. The number of thiophene rings is 1. The molecule has 122 valence electrons. The van der Waals surface area contributed by atoms with Crippen LogP contribution in [0.15, 0.2) is 12.1 Å². The Kier molecular flexibility index (Phi) is 5.74. The van der Waals surface area contributed by atoms with E-state index in [1.165, 1.54) is 17.7 Å². The van der Waals surface area contributed by atoms with Gasteiger partial charge in [-0.2, -0.15) is 0 Å². The molecule has 1 amide bonds. The summed E-state index contributed by atoms with van der Waals surface area (Å²) in [6.45, 7) is 5.70. The lowest BCUT2D eigenvalue weighted by atomic mass is 10.1. The maximum atomic E-state index is 12.3. The average Bonchev–Trinajstić information content (AvgIpc) is 3.17. The van der Waals surface area contributed by atoms with Crippen molar-refractivity contribution in [1.82, 2.24) is 15.1 Å². The van der Waals surface area contributed by atoms with Crippen molar-refractivity contribution in [3.05, 3.63) is 21.3 Å². The zero-order chi connectivity index (χ0) is 15.4. The van der Waals surface area contributed by atoms with Gasteiger partial charge in [-0.25, -0.2) is 0 Å². The summed E-state index contributed by atoms with van der Waals surface area (Å²) in [5, 5.41) is 3.46. The Balaban J connectivity index is 1.38. The number of carbonyl (C=O) groups excluding carboxylic acids is 1. The Morgan fingerprint density at radius 1 is 1.32 bits per heavy atom. The first-order valence-corrected chi connectivity index (χ1v) is 9.38. The molecule has 1 atom stereocenters. The Bertz CT molecular complexity index is 493. The van der Waals surface area contributed by atoms with Gasteiger partial charge in [-0.1, -0.05) is 11.6 Å². The van der Waals surface area contributed by atoms with Crippen molar-refractivity contribution in [2.75, 3.05) is 32.7 Å². The first kappa shape index (κ1) is 16.2. The van der Waals surface area contributed by atoms with Gasteiger partial charge in [-0.15, -0.1) is 11.3 Å². The number of nitrogens with one attached hydrogen (secondary N) is 1. The van der Waals surface area contributed by atoms with Gasteiger partial charge >= 0.3 is 0 Å². The van der Waals surface area contributed by atoms with Crippen molar-refractivity contribution < 1.29 is 4.79 Å². The van der Waals surface area contributed by atoms with Gasteiger partial charge in [0.15, 0.2) is 0 Å². The van der Waals surface area contributed by atoms with Crippen LogP contribution in [-0.2, 0) is 11.3 Å². The molecule has 0 radical (unpaired) electrons. The predicted octanol–water partition coefficient (Wildman–Crippen LogP) is 2.58. The van der Waals surface area contributed by atoms with Gasteiger partial charge in [-0.3, -0.25) is 9.69 Å². The van der Waals surface area contributed by atoms with Gasteiger partial charge in [0, 0.05) is 50.1 Å². The molecule has 4 nitrogen and oxygen atoms in total. The Hall–Kier alpha value is -0.620. The summed E-state index contributed by atoms with van der Waals surface area (Å²) in [4.78, 5) is 18.0. The minimum absolute atomic E-state index is 0.326. The molecule has 2 saturated heterocycles. The molecule has 2 aliphatic heterocycles. The van der Waals surface area contributed by atoms with E-state index >= 15 is 0 Å². The largest absolute Gasteiger partial charge is 0.340 e. The maximum absolute atomic E-state index is 12.3. The SMILES string of the molecule is O=C(CCC1CCCN1)N1CCN(Cc2ccc(Cl)s2)CC1. The summed E-state index contributed by atoms with van der Waals surface area (Å²) < 4.78 is 0.851. The van der Waals surface area contributed by atoms with Crippen LogP contribution in [0.2, 0.25) is 4.34 Å². The van der Waals surface area contributed by atoms with E-state index in [4.69, 9.17) is 11.6 Å². The number of amides is 1. The van der Waals surface area contributed by atoms with Crippen LogP contribution in [0, 0.1) is 0 Å². The topological polar surface area (TPSA) is 35.6 Å². The normalized spacial score (nSPS) is 23.1. The monoisotopic (exact) mass is 341 g/mol. The number of nitrogens with zero attached hydrogens (tertiary/aromatic N) is 2. The van der Waals surface area contributed by atoms with Gasteiger partial charge in [-0.05, 0) is 37.9 Å². The third-order valence-electron chi connectivity index (χ3n) is 4.60. The maximum Gasteiger partial charge on any atom is 0.222 e. The van der Waals surface area contributed by atoms with Gasteiger partial charge in [0.05, 0.1) is 4.34 Å². The van der Waals surface area contributed by atoms with Crippen LogP contribution in [0.3, 0.4) is 0 Å². The summed E-state index contributed by atoms with van der Waals surface area (Å²) in [6.07, 6.45) is 4.17. The van der Waals surface area contributed by atoms with Crippen LogP contribution >= 0.6 is 22.9 Å².